The molecule has 17 heavy (non-hydrogen) atoms. The van der Waals surface area contributed by atoms with Gasteiger partial charge in [0.05, 0.1) is 6.10 Å². The summed E-state index contributed by atoms with van der Waals surface area (Å²) in [5, 5.41) is 8.70. The number of rotatable bonds is 9. The predicted octanol–water partition coefficient (Wildman–Crippen LogP) is 0.979. The fourth-order valence-corrected chi connectivity index (χ4v) is 2.26. The summed E-state index contributed by atoms with van der Waals surface area (Å²) < 4.78 is 5.77. The third-order valence-corrected chi connectivity index (χ3v) is 3.37. The van der Waals surface area contributed by atoms with Crippen LogP contribution in [0.1, 0.15) is 38.5 Å². The normalized spacial score (nSPS) is 18.7. The van der Waals surface area contributed by atoms with Gasteiger partial charge in [-0.15, -0.1) is 0 Å². The van der Waals surface area contributed by atoms with Crippen LogP contribution in [0.4, 0.5) is 0 Å². The van der Waals surface area contributed by atoms with Gasteiger partial charge in [-0.05, 0) is 51.6 Å². The van der Waals surface area contributed by atoms with Crippen LogP contribution in [0.3, 0.4) is 0 Å². The van der Waals surface area contributed by atoms with Gasteiger partial charge in [-0.25, -0.2) is 0 Å². The summed E-state index contributed by atoms with van der Waals surface area (Å²) in [5.74, 6) is 0. The van der Waals surface area contributed by atoms with Crippen molar-refractivity contribution in [2.75, 3.05) is 39.4 Å². The lowest BCUT2D eigenvalue weighted by Crippen LogP contribution is -2.37. The second-order valence-corrected chi connectivity index (χ2v) is 4.84. The molecule has 0 atom stereocenters. The highest BCUT2D eigenvalue weighted by atomic mass is 16.5. The van der Waals surface area contributed by atoms with E-state index in [9.17, 15) is 0 Å². The molecule has 0 spiro atoms. The summed E-state index contributed by atoms with van der Waals surface area (Å²) in [6, 6.07) is 0. The molecule has 0 aliphatic carbocycles. The van der Waals surface area contributed by atoms with Crippen molar-refractivity contribution in [1.29, 1.82) is 0 Å². The van der Waals surface area contributed by atoms with E-state index in [0.717, 1.165) is 58.3 Å². The van der Waals surface area contributed by atoms with E-state index in [2.05, 4.69) is 4.90 Å². The van der Waals surface area contributed by atoms with Crippen LogP contribution in [0.15, 0.2) is 0 Å². The molecule has 4 heteroatoms. The standard InChI is InChI=1S/C13H28N2O2/c14-7-4-12-17-13-5-9-15(10-6-13)8-2-1-3-11-16/h13,16H,1-12,14H2. The summed E-state index contributed by atoms with van der Waals surface area (Å²) >= 11 is 0. The highest BCUT2D eigenvalue weighted by Crippen LogP contribution is 2.14. The van der Waals surface area contributed by atoms with Crippen molar-refractivity contribution in [1.82, 2.24) is 4.90 Å². The van der Waals surface area contributed by atoms with E-state index in [1.165, 1.54) is 13.0 Å². The van der Waals surface area contributed by atoms with Crippen molar-refractivity contribution in [3.05, 3.63) is 0 Å². The van der Waals surface area contributed by atoms with Gasteiger partial charge in [-0.1, -0.05) is 0 Å². The number of aliphatic hydroxyl groups is 1. The van der Waals surface area contributed by atoms with Crippen molar-refractivity contribution in [2.45, 2.75) is 44.6 Å². The number of hydrogen-bond acceptors (Lipinski definition) is 4. The highest BCUT2D eigenvalue weighted by Gasteiger charge is 2.18. The van der Waals surface area contributed by atoms with Gasteiger partial charge in [-0.3, -0.25) is 0 Å². The molecule has 0 aromatic carbocycles. The molecule has 3 N–H and O–H groups in total. The van der Waals surface area contributed by atoms with Crippen molar-refractivity contribution in [3.63, 3.8) is 0 Å². The molecule has 0 aromatic rings. The topological polar surface area (TPSA) is 58.7 Å². The van der Waals surface area contributed by atoms with E-state index >= 15 is 0 Å². The monoisotopic (exact) mass is 244 g/mol. The number of likely N-dealkylation sites (tertiary alicyclic amines) is 1. The average molecular weight is 244 g/mol. The molecule has 0 unspecified atom stereocenters. The summed E-state index contributed by atoms with van der Waals surface area (Å²) in [7, 11) is 0. The van der Waals surface area contributed by atoms with Gasteiger partial charge >= 0.3 is 0 Å². The molecular formula is C13H28N2O2. The molecule has 0 bridgehead atoms. The van der Waals surface area contributed by atoms with E-state index in [1.807, 2.05) is 0 Å². The molecule has 1 heterocycles. The van der Waals surface area contributed by atoms with Crippen LogP contribution in [-0.2, 0) is 4.74 Å². The maximum atomic E-state index is 8.70. The maximum absolute atomic E-state index is 8.70. The first-order valence-corrected chi connectivity index (χ1v) is 7.01. The molecule has 4 nitrogen and oxygen atoms in total. The minimum atomic E-state index is 0.330. The zero-order valence-electron chi connectivity index (χ0n) is 10.9. The second-order valence-electron chi connectivity index (χ2n) is 4.84. The van der Waals surface area contributed by atoms with Crippen LogP contribution in [0.25, 0.3) is 0 Å². The zero-order valence-corrected chi connectivity index (χ0v) is 10.9. The molecule has 102 valence electrons. The molecule has 0 aromatic heterocycles. The maximum Gasteiger partial charge on any atom is 0.0599 e. The fraction of sp³-hybridized carbons (Fsp3) is 1.00. The van der Waals surface area contributed by atoms with Crippen molar-refractivity contribution in [3.8, 4) is 0 Å². The molecule has 0 radical (unpaired) electrons. The first-order valence-electron chi connectivity index (χ1n) is 7.01. The number of unbranched alkanes of at least 4 members (excludes halogenated alkanes) is 2. The van der Waals surface area contributed by atoms with Crippen LogP contribution in [0.2, 0.25) is 0 Å². The van der Waals surface area contributed by atoms with Crippen LogP contribution in [-0.4, -0.2) is 55.5 Å². The van der Waals surface area contributed by atoms with Crippen molar-refractivity contribution in [2.24, 2.45) is 5.73 Å². The summed E-state index contributed by atoms with van der Waals surface area (Å²) in [6.45, 7) is 5.37. The number of hydrogen-bond donors (Lipinski definition) is 2. The van der Waals surface area contributed by atoms with E-state index in [-0.39, 0.29) is 0 Å². The number of ether oxygens (including phenoxy) is 1. The predicted molar refractivity (Wildman–Crippen MR) is 70.0 cm³/mol. The van der Waals surface area contributed by atoms with Gasteiger partial charge in [0.15, 0.2) is 0 Å². The summed E-state index contributed by atoms with van der Waals surface area (Å²) in [4.78, 5) is 2.51. The van der Waals surface area contributed by atoms with Gasteiger partial charge in [0.2, 0.25) is 0 Å². The van der Waals surface area contributed by atoms with Crippen LogP contribution < -0.4 is 5.73 Å². The number of nitrogens with zero attached hydrogens (tertiary/aromatic N) is 1. The Labute approximate surface area is 105 Å². The van der Waals surface area contributed by atoms with Gasteiger partial charge in [-0.2, -0.15) is 0 Å². The third-order valence-electron chi connectivity index (χ3n) is 3.37. The van der Waals surface area contributed by atoms with Crippen molar-refractivity contribution >= 4 is 0 Å². The molecule has 0 saturated carbocycles. The largest absolute Gasteiger partial charge is 0.396 e. The van der Waals surface area contributed by atoms with E-state index in [0.29, 0.717) is 12.7 Å². The number of aliphatic hydroxyl groups excluding tert-OH is 1. The molecule has 1 saturated heterocycles. The third kappa shape index (κ3) is 6.99. The van der Waals surface area contributed by atoms with Crippen molar-refractivity contribution < 1.29 is 9.84 Å². The molecule has 1 aliphatic heterocycles. The van der Waals surface area contributed by atoms with E-state index in [4.69, 9.17) is 15.6 Å². The Morgan fingerprint density at radius 2 is 1.88 bits per heavy atom. The SMILES string of the molecule is NCCCOC1CCN(CCCCCO)CC1. The molecular weight excluding hydrogens is 216 g/mol. The minimum absolute atomic E-state index is 0.330. The first-order chi connectivity index (χ1) is 8.36. The Balaban J connectivity index is 1.97. The minimum Gasteiger partial charge on any atom is -0.396 e. The fourth-order valence-electron chi connectivity index (χ4n) is 2.26. The number of nitrogens with two attached hydrogens (primary N) is 1. The van der Waals surface area contributed by atoms with E-state index in [1.54, 1.807) is 0 Å². The quantitative estimate of drug-likeness (QED) is 0.594. The first kappa shape index (κ1) is 14.9. The smallest absolute Gasteiger partial charge is 0.0599 e. The van der Waals surface area contributed by atoms with Gasteiger partial charge < -0.3 is 20.5 Å². The summed E-state index contributed by atoms with van der Waals surface area (Å²) in [5.41, 5.74) is 5.44. The second kappa shape index (κ2) is 9.83. The Kier molecular flexibility index (Phi) is 8.61. The lowest BCUT2D eigenvalue weighted by atomic mass is 10.1. The highest BCUT2D eigenvalue weighted by molar-refractivity contribution is 4.72. The van der Waals surface area contributed by atoms with Gasteiger partial charge in [0, 0.05) is 26.3 Å². The Morgan fingerprint density at radius 1 is 1.12 bits per heavy atom. The lowest BCUT2D eigenvalue weighted by molar-refractivity contribution is 0.00697. The van der Waals surface area contributed by atoms with Crippen LogP contribution in [0, 0.1) is 0 Å². The Hall–Kier alpha value is -0.160. The number of piperidine rings is 1. The average Bonchev–Trinajstić information content (AvgIpc) is 2.37. The van der Waals surface area contributed by atoms with Crippen LogP contribution in [0.5, 0.6) is 0 Å². The molecule has 1 fully saturated rings. The van der Waals surface area contributed by atoms with Gasteiger partial charge in [0.1, 0.15) is 0 Å². The summed E-state index contributed by atoms with van der Waals surface area (Å²) in [6.07, 6.45) is 7.04. The Morgan fingerprint density at radius 3 is 2.53 bits per heavy atom. The van der Waals surface area contributed by atoms with E-state index < -0.39 is 0 Å². The van der Waals surface area contributed by atoms with Crippen LogP contribution >= 0.6 is 0 Å². The van der Waals surface area contributed by atoms with Gasteiger partial charge in [0.25, 0.3) is 0 Å². The Bertz CT molecular complexity index is 171. The zero-order chi connectivity index (χ0) is 12.3. The molecule has 1 rings (SSSR count). The molecule has 0 amide bonds. The lowest BCUT2D eigenvalue weighted by Gasteiger charge is -2.31. The molecule has 1 aliphatic rings.